The maximum absolute atomic E-state index is 14.6. The molecule has 2 aromatic carbocycles. The molecule has 57 heavy (non-hydrogen) atoms. The molecule has 0 unspecified atom stereocenters. The number of carbonyl (C=O) groups is 4. The third-order valence-corrected chi connectivity index (χ3v) is 13.1. The molecule has 2 aliphatic heterocycles. The number of pyridine rings is 1. The first-order valence-electron chi connectivity index (χ1n) is 20.1. The Balaban J connectivity index is 1.24. The number of fused-ring (bicyclic) bond motifs is 3. The molecule has 14 heteroatoms. The van der Waals surface area contributed by atoms with Crippen LogP contribution < -0.4 is 20.1 Å². The van der Waals surface area contributed by atoms with Crippen molar-refractivity contribution in [3.05, 3.63) is 78.9 Å². The van der Waals surface area contributed by atoms with Gasteiger partial charge in [0.25, 0.3) is 5.91 Å². The number of allylic oxidation sites excluding steroid dienone is 1. The normalized spacial score (nSPS) is 26.1. The van der Waals surface area contributed by atoms with Gasteiger partial charge in [0.15, 0.2) is 0 Å². The lowest BCUT2D eigenvalue weighted by atomic mass is 10.1. The van der Waals surface area contributed by atoms with E-state index in [-0.39, 0.29) is 26.0 Å². The van der Waals surface area contributed by atoms with Gasteiger partial charge in [0, 0.05) is 29.4 Å². The number of benzene rings is 2. The number of hydrogen-bond donors (Lipinski definition) is 3. The van der Waals surface area contributed by atoms with Crippen molar-refractivity contribution in [2.75, 3.05) is 13.2 Å². The van der Waals surface area contributed by atoms with Crippen LogP contribution in [-0.2, 0) is 29.1 Å². The zero-order chi connectivity index (χ0) is 40.2. The number of sulfonamides is 1. The highest BCUT2D eigenvalue weighted by Crippen LogP contribution is 2.45. The van der Waals surface area contributed by atoms with Crippen molar-refractivity contribution in [1.29, 1.82) is 0 Å². The van der Waals surface area contributed by atoms with Crippen LogP contribution in [0.25, 0.3) is 28.2 Å². The van der Waals surface area contributed by atoms with E-state index < -0.39 is 68.7 Å². The average Bonchev–Trinajstić information content (AvgIpc) is 4.14. The molecule has 0 radical (unpaired) electrons. The van der Waals surface area contributed by atoms with Crippen molar-refractivity contribution in [2.45, 2.75) is 107 Å². The van der Waals surface area contributed by atoms with Gasteiger partial charge >= 0.3 is 6.09 Å². The molecule has 3 heterocycles. The minimum Gasteiger partial charge on any atom is -0.488 e. The summed E-state index contributed by atoms with van der Waals surface area (Å²) in [6.07, 6.45) is 10.4. The van der Waals surface area contributed by atoms with Gasteiger partial charge in [-0.3, -0.25) is 19.1 Å². The highest BCUT2D eigenvalue weighted by atomic mass is 32.2. The number of alkyl carbamates (subject to hydrolysis) is 1. The molecule has 302 valence electrons. The second-order valence-corrected chi connectivity index (χ2v) is 17.5. The number of hydrogen-bond acceptors (Lipinski definition) is 9. The molecule has 5 atom stereocenters. The number of amides is 4. The van der Waals surface area contributed by atoms with E-state index in [1.165, 1.54) is 11.0 Å². The Kier molecular flexibility index (Phi) is 12.0. The molecule has 4 bridgehead atoms. The standard InChI is InChI=1S/C43H51N5O8S/c1-3-5-17-35-40(50)48-27-31(24-37(48)39(49)46-43(26-30(43)4-2)41(51)47-57(53,54)32-19-20-32)56-38-25-36(29-15-11-9-12-16-29)44-34-21-18-28(23-33(34)38)14-10-7-6-8-13-22-55-42(52)45-35/h4,9-12,14-16,18,21,23,25,30-32,35,37H,2-3,5-8,13,17,19-20,22,24,26-27H2,1H3,(H,45,52)(H,46,49)(H,47,51)/b14-10+/t30-,31-,35+,37+,43-/m1/s1. The Morgan fingerprint density at radius 2 is 1.89 bits per heavy atom. The predicted molar refractivity (Wildman–Crippen MR) is 216 cm³/mol. The van der Waals surface area contributed by atoms with Crippen LogP contribution >= 0.6 is 0 Å². The fraction of sp³-hybridized carbons (Fsp3) is 0.465. The molecule has 1 saturated heterocycles. The van der Waals surface area contributed by atoms with Gasteiger partial charge in [-0.05, 0) is 69.1 Å². The van der Waals surface area contributed by atoms with Crippen LogP contribution in [0.5, 0.6) is 5.75 Å². The Morgan fingerprint density at radius 3 is 2.63 bits per heavy atom. The second kappa shape index (κ2) is 17.1. The summed E-state index contributed by atoms with van der Waals surface area (Å²) in [5, 5.41) is 5.73. The van der Waals surface area contributed by atoms with Crippen LogP contribution in [0.4, 0.5) is 4.79 Å². The van der Waals surface area contributed by atoms with Gasteiger partial charge in [-0.25, -0.2) is 18.2 Å². The van der Waals surface area contributed by atoms with Crippen LogP contribution in [0.3, 0.4) is 0 Å². The van der Waals surface area contributed by atoms with E-state index in [0.717, 1.165) is 42.2 Å². The molecule has 2 saturated carbocycles. The first-order chi connectivity index (χ1) is 27.5. The van der Waals surface area contributed by atoms with Gasteiger partial charge < -0.3 is 25.0 Å². The number of unbranched alkanes of at least 4 members (excludes halogenated alkanes) is 1. The molecule has 7 rings (SSSR count). The highest BCUT2D eigenvalue weighted by molar-refractivity contribution is 7.91. The zero-order valence-electron chi connectivity index (χ0n) is 32.3. The van der Waals surface area contributed by atoms with E-state index in [9.17, 15) is 27.6 Å². The van der Waals surface area contributed by atoms with Crippen molar-refractivity contribution in [3.63, 3.8) is 0 Å². The fourth-order valence-corrected chi connectivity index (χ4v) is 9.08. The maximum atomic E-state index is 14.6. The second-order valence-electron chi connectivity index (χ2n) is 15.5. The summed E-state index contributed by atoms with van der Waals surface area (Å²) in [6, 6.07) is 15.5. The zero-order valence-corrected chi connectivity index (χ0v) is 33.1. The molecule has 4 amide bonds. The third kappa shape index (κ3) is 9.16. The number of carbonyl (C=O) groups excluding carboxylic acids is 4. The van der Waals surface area contributed by atoms with Crippen molar-refractivity contribution in [1.82, 2.24) is 25.2 Å². The van der Waals surface area contributed by atoms with E-state index in [1.54, 1.807) is 0 Å². The van der Waals surface area contributed by atoms with Gasteiger partial charge in [-0.15, -0.1) is 6.58 Å². The lowest BCUT2D eigenvalue weighted by Crippen LogP contribution is -2.58. The van der Waals surface area contributed by atoms with E-state index in [0.29, 0.717) is 49.1 Å². The smallest absolute Gasteiger partial charge is 0.407 e. The summed E-state index contributed by atoms with van der Waals surface area (Å²) < 4.78 is 40.0. The lowest BCUT2D eigenvalue weighted by Gasteiger charge is -2.29. The monoisotopic (exact) mass is 797 g/mol. The van der Waals surface area contributed by atoms with Crippen molar-refractivity contribution in [3.8, 4) is 17.0 Å². The number of ether oxygens (including phenoxy) is 2. The minimum atomic E-state index is -3.90. The van der Waals surface area contributed by atoms with Crippen LogP contribution in [0.1, 0.15) is 83.1 Å². The molecule has 3 N–H and O–H groups in total. The molecular formula is C43H51N5O8S. The topological polar surface area (TPSA) is 173 Å². The molecule has 1 aromatic heterocycles. The highest BCUT2D eigenvalue weighted by Gasteiger charge is 2.62. The van der Waals surface area contributed by atoms with Gasteiger partial charge in [0.1, 0.15) is 29.5 Å². The summed E-state index contributed by atoms with van der Waals surface area (Å²) in [4.78, 5) is 62.0. The average molecular weight is 798 g/mol. The minimum absolute atomic E-state index is 0.000491. The summed E-state index contributed by atoms with van der Waals surface area (Å²) in [7, 11) is -3.90. The molecule has 4 aliphatic rings. The van der Waals surface area contributed by atoms with Crippen molar-refractivity contribution < 1.29 is 37.1 Å². The van der Waals surface area contributed by atoms with Crippen LogP contribution in [0.15, 0.2) is 73.3 Å². The van der Waals surface area contributed by atoms with Crippen LogP contribution in [0, 0.1) is 5.92 Å². The Bertz CT molecular complexity index is 2160. The van der Waals surface area contributed by atoms with Crippen molar-refractivity contribution >= 4 is 50.8 Å². The first-order valence-corrected chi connectivity index (χ1v) is 21.6. The van der Waals surface area contributed by atoms with E-state index in [4.69, 9.17) is 14.5 Å². The van der Waals surface area contributed by atoms with Gasteiger partial charge in [-0.2, -0.15) is 0 Å². The van der Waals surface area contributed by atoms with E-state index in [2.05, 4.69) is 34.1 Å². The van der Waals surface area contributed by atoms with Crippen LogP contribution in [-0.4, -0.2) is 84.2 Å². The summed E-state index contributed by atoms with van der Waals surface area (Å²) in [5.41, 5.74) is 1.71. The molecule has 2 aliphatic carbocycles. The summed E-state index contributed by atoms with van der Waals surface area (Å²) in [6.45, 7) is 5.99. The predicted octanol–water partition coefficient (Wildman–Crippen LogP) is 5.79. The van der Waals surface area contributed by atoms with Gasteiger partial charge in [-0.1, -0.05) is 74.4 Å². The quantitative estimate of drug-likeness (QED) is 0.215. The molecule has 3 aromatic rings. The molecule has 13 nitrogen and oxygen atoms in total. The first kappa shape index (κ1) is 40.0. The maximum Gasteiger partial charge on any atom is 0.407 e. The van der Waals surface area contributed by atoms with E-state index >= 15 is 0 Å². The Hall–Kier alpha value is -5.24. The Labute approximate surface area is 333 Å². The largest absolute Gasteiger partial charge is 0.488 e. The third-order valence-electron chi connectivity index (χ3n) is 11.3. The molecule has 3 fully saturated rings. The molecular weight excluding hydrogens is 747 g/mol. The number of nitrogens with zero attached hydrogens (tertiary/aromatic N) is 2. The lowest BCUT2D eigenvalue weighted by molar-refractivity contribution is -0.141. The number of nitrogens with one attached hydrogen (secondary N) is 3. The summed E-state index contributed by atoms with van der Waals surface area (Å²) in [5.74, 6) is -1.93. The van der Waals surface area contributed by atoms with Crippen LogP contribution in [0.2, 0.25) is 0 Å². The SMILES string of the molecule is C=C[C@@H]1C[C@]1(NC(=O)[C@@H]1C[C@@H]2CN1C(=O)[C@H](CCCC)NC(=O)OCCCCC/C=C/c1ccc3nc(-c4ccccc4)cc(c3c1)O2)C(=O)NS(=O)(=O)C1CC1. The summed E-state index contributed by atoms with van der Waals surface area (Å²) >= 11 is 0. The van der Waals surface area contributed by atoms with E-state index in [1.807, 2.05) is 61.5 Å². The fourth-order valence-electron chi connectivity index (χ4n) is 7.72. The van der Waals surface area contributed by atoms with Gasteiger partial charge in [0.2, 0.25) is 21.8 Å². The van der Waals surface area contributed by atoms with Crippen molar-refractivity contribution in [2.24, 2.45) is 5.92 Å². The Morgan fingerprint density at radius 1 is 1.09 bits per heavy atom. The molecule has 0 spiro atoms. The van der Waals surface area contributed by atoms with Gasteiger partial charge in [0.05, 0.1) is 29.6 Å². The number of aromatic nitrogens is 1. The number of cyclic esters (lactones) is 1. The number of rotatable bonds is 10.